The third-order valence-electron chi connectivity index (χ3n) is 5.29. The molecule has 3 N–H and O–H groups in total. The molecule has 2 aromatic rings. The summed E-state index contributed by atoms with van der Waals surface area (Å²) >= 11 is 1.49. The predicted octanol–water partition coefficient (Wildman–Crippen LogP) is 5.88. The van der Waals surface area contributed by atoms with Crippen LogP contribution in [0.2, 0.25) is 0 Å². The van der Waals surface area contributed by atoms with Crippen LogP contribution in [0, 0.1) is 0 Å². The molecular formula is C23H31N3O2S. The first-order valence-corrected chi connectivity index (χ1v) is 11.2. The number of fused-ring (bicyclic) bond motifs is 1. The van der Waals surface area contributed by atoms with Crippen LogP contribution < -0.4 is 20.1 Å². The molecule has 0 saturated carbocycles. The number of nitrogens with one attached hydrogen (secondary N) is 3. The van der Waals surface area contributed by atoms with Gasteiger partial charge in [0.1, 0.15) is 0 Å². The van der Waals surface area contributed by atoms with Gasteiger partial charge in [-0.1, -0.05) is 57.0 Å². The lowest BCUT2D eigenvalue weighted by molar-refractivity contribution is 0.247. The number of carbonyl (C=O) groups excluding carboxylic acids is 1. The highest BCUT2D eigenvalue weighted by molar-refractivity contribution is 7.99. The highest BCUT2D eigenvalue weighted by Crippen LogP contribution is 2.39. The van der Waals surface area contributed by atoms with Crippen LogP contribution in [0.4, 0.5) is 16.2 Å². The van der Waals surface area contributed by atoms with Crippen molar-refractivity contribution in [2.75, 3.05) is 23.4 Å². The molecule has 1 aliphatic carbocycles. The van der Waals surface area contributed by atoms with Crippen molar-refractivity contribution in [1.29, 1.82) is 0 Å². The van der Waals surface area contributed by atoms with Gasteiger partial charge in [-0.25, -0.2) is 4.79 Å². The smallest absolute Gasteiger partial charge is 0.319 e. The number of rotatable bonds is 5. The van der Waals surface area contributed by atoms with Crippen molar-refractivity contribution < 1.29 is 9.53 Å². The Morgan fingerprint density at radius 1 is 1.17 bits per heavy atom. The molecule has 156 valence electrons. The third-order valence-corrected chi connectivity index (χ3v) is 5.72. The minimum absolute atomic E-state index is 0.0283. The van der Waals surface area contributed by atoms with E-state index in [9.17, 15) is 4.79 Å². The maximum atomic E-state index is 12.9. The summed E-state index contributed by atoms with van der Waals surface area (Å²) in [6.45, 7) is 6.46. The standard InChI is InChI=1S/C23H31N3O2S/c1-23(2,3)16-13-19(21(28-4)20(14-16)26-29-5)25-22(27)24-18-12-8-10-15-9-6-7-11-17(15)18/h6-7,9,11,13-14,18,26H,8,10,12H2,1-5H3,(H2,24,25,27)/t18-/m0/s1. The summed E-state index contributed by atoms with van der Waals surface area (Å²) in [6, 6.07) is 12.2. The average Bonchev–Trinajstić information content (AvgIpc) is 2.67. The van der Waals surface area contributed by atoms with Crippen LogP contribution in [0.3, 0.4) is 0 Å². The number of benzene rings is 2. The Morgan fingerprint density at radius 2 is 1.90 bits per heavy atom. The first-order valence-electron chi connectivity index (χ1n) is 10.0. The second-order valence-corrected chi connectivity index (χ2v) is 9.02. The first kappa shape index (κ1) is 21.4. The fraction of sp³-hybridized carbons (Fsp3) is 0.435. The molecule has 0 fully saturated rings. The van der Waals surface area contributed by atoms with E-state index in [0.717, 1.165) is 30.5 Å². The molecule has 6 heteroatoms. The Bertz CT molecular complexity index is 877. The zero-order valence-corrected chi connectivity index (χ0v) is 18.7. The Morgan fingerprint density at radius 3 is 2.59 bits per heavy atom. The fourth-order valence-corrected chi connectivity index (χ4v) is 4.15. The fourth-order valence-electron chi connectivity index (χ4n) is 3.78. The summed E-state index contributed by atoms with van der Waals surface area (Å²) in [7, 11) is 1.62. The van der Waals surface area contributed by atoms with Crippen molar-refractivity contribution in [3.05, 3.63) is 53.1 Å². The Balaban J connectivity index is 1.85. The molecule has 0 aliphatic heterocycles. The molecule has 0 heterocycles. The van der Waals surface area contributed by atoms with Gasteiger partial charge in [0.25, 0.3) is 0 Å². The van der Waals surface area contributed by atoms with Gasteiger partial charge in [0, 0.05) is 6.26 Å². The van der Waals surface area contributed by atoms with E-state index in [1.807, 2.05) is 18.4 Å². The molecule has 29 heavy (non-hydrogen) atoms. The van der Waals surface area contributed by atoms with E-state index < -0.39 is 0 Å². The van der Waals surface area contributed by atoms with Gasteiger partial charge in [-0.3, -0.25) is 0 Å². The third kappa shape index (κ3) is 4.99. The SMILES string of the molecule is COc1c(NSC)cc(C(C)(C)C)cc1NC(=O)N[C@H]1CCCc2ccccc21. The monoisotopic (exact) mass is 413 g/mol. The van der Waals surface area contributed by atoms with Crippen LogP contribution in [-0.4, -0.2) is 19.4 Å². The molecule has 1 atom stereocenters. The largest absolute Gasteiger partial charge is 0.492 e. The van der Waals surface area contributed by atoms with Crippen molar-refractivity contribution >= 4 is 29.4 Å². The van der Waals surface area contributed by atoms with Gasteiger partial charge in [0.15, 0.2) is 5.75 Å². The quantitative estimate of drug-likeness (QED) is 0.536. The van der Waals surface area contributed by atoms with E-state index in [4.69, 9.17) is 4.74 Å². The predicted molar refractivity (Wildman–Crippen MR) is 123 cm³/mol. The lowest BCUT2D eigenvalue weighted by atomic mass is 9.86. The molecule has 5 nitrogen and oxygen atoms in total. The van der Waals surface area contributed by atoms with Crippen molar-refractivity contribution in [3.63, 3.8) is 0 Å². The van der Waals surface area contributed by atoms with Gasteiger partial charge in [-0.15, -0.1) is 0 Å². The zero-order chi connectivity index (χ0) is 21.0. The van der Waals surface area contributed by atoms with Crippen LogP contribution in [-0.2, 0) is 11.8 Å². The van der Waals surface area contributed by atoms with Gasteiger partial charge in [0.05, 0.1) is 24.5 Å². The number of methoxy groups -OCH3 is 1. The summed E-state index contributed by atoms with van der Waals surface area (Å²) in [6.07, 6.45) is 5.06. The Kier molecular flexibility index (Phi) is 6.63. The van der Waals surface area contributed by atoms with Crippen LogP contribution in [0.15, 0.2) is 36.4 Å². The van der Waals surface area contributed by atoms with E-state index in [2.05, 4.69) is 60.4 Å². The van der Waals surface area contributed by atoms with Gasteiger partial charge in [-0.2, -0.15) is 0 Å². The second-order valence-electron chi connectivity index (χ2n) is 8.40. The van der Waals surface area contributed by atoms with E-state index >= 15 is 0 Å². The minimum Gasteiger partial charge on any atom is -0.492 e. The number of anilines is 2. The molecule has 2 aromatic carbocycles. The van der Waals surface area contributed by atoms with E-state index in [-0.39, 0.29) is 17.5 Å². The normalized spacial score (nSPS) is 16.0. The number of hydrogen-bond donors (Lipinski definition) is 3. The second kappa shape index (κ2) is 8.99. The van der Waals surface area contributed by atoms with Gasteiger partial charge < -0.3 is 20.1 Å². The summed E-state index contributed by atoms with van der Waals surface area (Å²) in [5, 5.41) is 6.18. The van der Waals surface area contributed by atoms with Gasteiger partial charge in [-0.05, 0) is 53.5 Å². The molecule has 3 rings (SSSR count). The number of carbonyl (C=O) groups is 1. The minimum atomic E-state index is -0.217. The topological polar surface area (TPSA) is 62.4 Å². The van der Waals surface area contributed by atoms with Crippen molar-refractivity contribution in [2.45, 2.75) is 51.5 Å². The maximum Gasteiger partial charge on any atom is 0.319 e. The van der Waals surface area contributed by atoms with E-state index in [1.165, 1.54) is 23.1 Å². The lowest BCUT2D eigenvalue weighted by Gasteiger charge is -2.27. The molecule has 2 amide bonds. The van der Waals surface area contributed by atoms with E-state index in [1.54, 1.807) is 7.11 Å². The van der Waals surface area contributed by atoms with Gasteiger partial charge >= 0.3 is 6.03 Å². The highest BCUT2D eigenvalue weighted by atomic mass is 32.2. The number of ether oxygens (including phenoxy) is 1. The first-order chi connectivity index (χ1) is 13.8. The molecule has 0 aromatic heterocycles. The number of urea groups is 1. The van der Waals surface area contributed by atoms with Crippen molar-refractivity contribution in [2.24, 2.45) is 0 Å². The molecule has 0 saturated heterocycles. The molecule has 0 unspecified atom stereocenters. The van der Waals surface area contributed by atoms with E-state index in [0.29, 0.717) is 11.4 Å². The van der Waals surface area contributed by atoms with Crippen LogP contribution >= 0.6 is 11.9 Å². The molecule has 1 aliphatic rings. The Labute approximate surface area is 178 Å². The zero-order valence-electron chi connectivity index (χ0n) is 17.9. The Hall–Kier alpha value is -2.34. The van der Waals surface area contributed by atoms with Crippen LogP contribution in [0.25, 0.3) is 0 Å². The summed E-state index contributed by atoms with van der Waals surface area (Å²) < 4.78 is 8.89. The van der Waals surface area contributed by atoms with Gasteiger partial charge in [0.2, 0.25) is 0 Å². The molecular weight excluding hydrogens is 382 g/mol. The number of amides is 2. The highest BCUT2D eigenvalue weighted by Gasteiger charge is 2.24. The maximum absolute atomic E-state index is 12.9. The van der Waals surface area contributed by atoms with Crippen molar-refractivity contribution in [3.8, 4) is 5.75 Å². The molecule has 0 bridgehead atoms. The number of aryl methyl sites for hydroxylation is 1. The summed E-state index contributed by atoms with van der Waals surface area (Å²) in [5.74, 6) is 0.631. The summed E-state index contributed by atoms with van der Waals surface area (Å²) in [4.78, 5) is 12.9. The molecule has 0 radical (unpaired) electrons. The summed E-state index contributed by atoms with van der Waals surface area (Å²) in [5.41, 5.74) is 5.12. The number of hydrogen-bond acceptors (Lipinski definition) is 4. The van der Waals surface area contributed by atoms with Crippen molar-refractivity contribution in [1.82, 2.24) is 5.32 Å². The molecule has 0 spiro atoms. The van der Waals surface area contributed by atoms with Crippen LogP contribution in [0.5, 0.6) is 5.75 Å². The lowest BCUT2D eigenvalue weighted by Crippen LogP contribution is -2.34. The van der Waals surface area contributed by atoms with Crippen LogP contribution in [0.1, 0.15) is 56.3 Å². The average molecular weight is 414 g/mol.